The Balaban J connectivity index is 1.29. The molecule has 0 aromatic heterocycles. The van der Waals surface area contributed by atoms with E-state index >= 15 is 0 Å². The fourth-order valence-corrected chi connectivity index (χ4v) is 8.75. The lowest BCUT2D eigenvalue weighted by Crippen LogP contribution is -2.48. The predicted octanol–water partition coefficient (Wildman–Crippen LogP) is 8.56. The molecule has 2 saturated carbocycles. The Bertz CT molecular complexity index is 1020. The van der Waals surface area contributed by atoms with Crippen LogP contribution in [0.4, 0.5) is 0 Å². The molecule has 0 spiro atoms. The molecular weight excluding hydrogens is 510 g/mol. The van der Waals surface area contributed by atoms with Crippen LogP contribution in [0.5, 0.6) is 5.75 Å². The van der Waals surface area contributed by atoms with Gasteiger partial charge in [0.25, 0.3) is 0 Å². The average molecular weight is 568 g/mol. The molecule has 0 heterocycles. The lowest BCUT2D eigenvalue weighted by Gasteiger charge is -2.54. The number of phenols is 1. The largest absolute Gasteiger partial charge is 0.508 e. The molecule has 6 atom stereocenters. The molecule has 5 nitrogen and oxygen atoms in total. The number of aryl methyl sites for hydroxylation is 1. The van der Waals surface area contributed by atoms with Gasteiger partial charge >= 0.3 is 5.97 Å². The van der Waals surface area contributed by atoms with Crippen molar-refractivity contribution in [3.8, 4) is 5.75 Å². The molecule has 2 fully saturated rings. The van der Waals surface area contributed by atoms with Crippen LogP contribution in [0, 0.1) is 23.2 Å². The molecule has 1 amide bonds. The van der Waals surface area contributed by atoms with Crippen LogP contribution < -0.4 is 0 Å². The summed E-state index contributed by atoms with van der Waals surface area (Å²) in [5.74, 6) is 3.04. The van der Waals surface area contributed by atoms with Gasteiger partial charge in [-0.2, -0.15) is 0 Å². The monoisotopic (exact) mass is 567 g/mol. The number of fused-ring (bicyclic) bond motifs is 5. The standard InChI is InChI=1S/C36H57NO4/c1-6-34(40)41-32-22-21-31-30-19-17-26-23-28(38)18-20-29(26)35(30)27(24-36(31,32)4)15-13-11-9-7-8-10-12-14-16-33(39)37(5)25(2)3/h18,20,23,25,27,30-32,35,38H,6-17,19,21-22,24H2,1-5H3/t27-,30-,31-,32-,35+,36-/m0/s1. The van der Waals surface area contributed by atoms with Crippen LogP contribution in [-0.2, 0) is 20.7 Å². The second-order valence-corrected chi connectivity index (χ2v) is 14.1. The van der Waals surface area contributed by atoms with Gasteiger partial charge < -0.3 is 14.7 Å². The number of aromatic hydroxyl groups is 1. The third kappa shape index (κ3) is 7.49. The quantitative estimate of drug-likeness (QED) is 0.181. The molecule has 3 aliphatic rings. The van der Waals surface area contributed by atoms with Gasteiger partial charge in [0.15, 0.2) is 0 Å². The first-order valence-corrected chi connectivity index (χ1v) is 16.9. The number of benzene rings is 1. The minimum Gasteiger partial charge on any atom is -0.508 e. The molecule has 0 aliphatic heterocycles. The minimum atomic E-state index is -0.0468. The van der Waals surface area contributed by atoms with Gasteiger partial charge in [-0.3, -0.25) is 9.59 Å². The molecule has 3 aliphatic carbocycles. The van der Waals surface area contributed by atoms with E-state index in [4.69, 9.17) is 4.74 Å². The maximum Gasteiger partial charge on any atom is 0.305 e. The van der Waals surface area contributed by atoms with Crippen molar-refractivity contribution in [3.05, 3.63) is 29.3 Å². The van der Waals surface area contributed by atoms with Crippen molar-refractivity contribution in [1.82, 2.24) is 4.90 Å². The van der Waals surface area contributed by atoms with Gasteiger partial charge in [0.05, 0.1) is 0 Å². The van der Waals surface area contributed by atoms with Crippen molar-refractivity contribution in [2.45, 2.75) is 148 Å². The Hall–Kier alpha value is -2.04. The normalized spacial score (nSPS) is 28.6. The highest BCUT2D eigenvalue weighted by molar-refractivity contribution is 5.76. The molecule has 0 radical (unpaired) electrons. The Morgan fingerprint density at radius 2 is 1.71 bits per heavy atom. The Morgan fingerprint density at radius 3 is 2.39 bits per heavy atom. The highest BCUT2D eigenvalue weighted by atomic mass is 16.5. The lowest BCUT2D eigenvalue weighted by molar-refractivity contribution is -0.158. The number of unbranched alkanes of at least 4 members (excludes halogenated alkanes) is 7. The van der Waals surface area contributed by atoms with Crippen molar-refractivity contribution >= 4 is 11.9 Å². The topological polar surface area (TPSA) is 66.8 Å². The maximum absolute atomic E-state index is 12.3. The zero-order chi connectivity index (χ0) is 29.6. The van der Waals surface area contributed by atoms with Crippen LogP contribution in [0.2, 0.25) is 0 Å². The third-order valence-corrected chi connectivity index (χ3v) is 11.2. The highest BCUT2D eigenvalue weighted by Crippen LogP contribution is 2.64. The first-order valence-electron chi connectivity index (χ1n) is 16.9. The van der Waals surface area contributed by atoms with Crippen molar-refractivity contribution in [2.75, 3.05) is 7.05 Å². The fraction of sp³-hybridized carbons (Fsp3) is 0.778. The van der Waals surface area contributed by atoms with E-state index in [1.165, 1.54) is 68.9 Å². The number of hydrogen-bond acceptors (Lipinski definition) is 4. The smallest absolute Gasteiger partial charge is 0.305 e. The summed E-state index contributed by atoms with van der Waals surface area (Å²) in [5, 5.41) is 10.2. The molecule has 1 N–H and O–H groups in total. The first-order chi connectivity index (χ1) is 19.7. The molecule has 41 heavy (non-hydrogen) atoms. The minimum absolute atomic E-state index is 0.0468. The van der Waals surface area contributed by atoms with E-state index in [1.54, 1.807) is 0 Å². The van der Waals surface area contributed by atoms with Crippen LogP contribution in [-0.4, -0.2) is 41.1 Å². The van der Waals surface area contributed by atoms with E-state index < -0.39 is 0 Å². The van der Waals surface area contributed by atoms with Crippen molar-refractivity contribution in [1.29, 1.82) is 0 Å². The summed E-state index contributed by atoms with van der Waals surface area (Å²) in [4.78, 5) is 26.3. The molecule has 5 heteroatoms. The van der Waals surface area contributed by atoms with E-state index in [9.17, 15) is 14.7 Å². The van der Waals surface area contributed by atoms with Gasteiger partial charge in [-0.1, -0.05) is 64.9 Å². The van der Waals surface area contributed by atoms with Crippen LogP contribution >= 0.6 is 0 Å². The number of phenolic OH excluding ortho intramolecular Hbond substituents is 1. The zero-order valence-electron chi connectivity index (χ0n) is 26.6. The lowest BCUT2D eigenvalue weighted by atomic mass is 9.51. The summed E-state index contributed by atoms with van der Waals surface area (Å²) in [6, 6.07) is 6.40. The Labute approximate surface area is 249 Å². The molecular formula is C36H57NO4. The maximum atomic E-state index is 12.3. The van der Waals surface area contributed by atoms with Crippen LogP contribution in [0.25, 0.3) is 0 Å². The zero-order valence-corrected chi connectivity index (χ0v) is 26.6. The number of carbonyl (C=O) groups is 2. The summed E-state index contributed by atoms with van der Waals surface area (Å²) in [6.45, 7) is 8.47. The number of amides is 1. The van der Waals surface area contributed by atoms with Crippen LogP contribution in [0.3, 0.4) is 0 Å². The number of nitrogens with zero attached hydrogens (tertiary/aromatic N) is 1. The SMILES string of the molecule is CCC(=O)O[C@H]1CC[C@H]2[C@@H]3CCc4cc(O)ccc4[C@H]3[C@@H](CCCCCCCCCCC(=O)N(C)C(C)C)C[C@]12C. The van der Waals surface area contributed by atoms with E-state index in [0.29, 0.717) is 42.3 Å². The fourth-order valence-electron chi connectivity index (χ4n) is 8.75. The summed E-state index contributed by atoms with van der Waals surface area (Å²) in [7, 11) is 1.91. The Morgan fingerprint density at radius 1 is 1.02 bits per heavy atom. The molecule has 1 aromatic carbocycles. The number of rotatable bonds is 14. The van der Waals surface area contributed by atoms with E-state index in [-0.39, 0.29) is 29.4 Å². The van der Waals surface area contributed by atoms with Crippen LogP contribution in [0.1, 0.15) is 141 Å². The first kappa shape index (κ1) is 31.9. The van der Waals surface area contributed by atoms with Crippen molar-refractivity contribution < 1.29 is 19.4 Å². The number of esters is 1. The number of hydrogen-bond donors (Lipinski definition) is 1. The molecule has 0 bridgehead atoms. The van der Waals surface area contributed by atoms with E-state index in [2.05, 4.69) is 26.8 Å². The molecule has 0 unspecified atom stereocenters. The van der Waals surface area contributed by atoms with Gasteiger partial charge in [-0.25, -0.2) is 0 Å². The predicted molar refractivity (Wildman–Crippen MR) is 166 cm³/mol. The van der Waals surface area contributed by atoms with Gasteiger partial charge in [0.1, 0.15) is 11.9 Å². The van der Waals surface area contributed by atoms with Crippen molar-refractivity contribution in [2.24, 2.45) is 23.2 Å². The molecule has 4 rings (SSSR count). The van der Waals surface area contributed by atoms with Crippen LogP contribution in [0.15, 0.2) is 18.2 Å². The summed E-state index contributed by atoms with van der Waals surface area (Å²) < 4.78 is 6.09. The summed E-state index contributed by atoms with van der Waals surface area (Å²) in [5.41, 5.74) is 2.92. The summed E-state index contributed by atoms with van der Waals surface area (Å²) >= 11 is 0. The van der Waals surface area contributed by atoms with E-state index in [1.807, 2.05) is 31.0 Å². The highest BCUT2D eigenvalue weighted by Gasteiger charge is 2.58. The molecule has 1 aromatic rings. The van der Waals surface area contributed by atoms with Crippen molar-refractivity contribution in [3.63, 3.8) is 0 Å². The number of carbonyl (C=O) groups excluding carboxylic acids is 2. The van der Waals surface area contributed by atoms with Gasteiger partial charge in [0.2, 0.25) is 5.91 Å². The Kier molecular flexibility index (Phi) is 11.2. The van der Waals surface area contributed by atoms with E-state index in [0.717, 1.165) is 32.1 Å². The van der Waals surface area contributed by atoms with Gasteiger partial charge in [-0.15, -0.1) is 0 Å². The molecule has 0 saturated heterocycles. The molecule has 230 valence electrons. The third-order valence-electron chi connectivity index (χ3n) is 11.2. The van der Waals surface area contributed by atoms with Gasteiger partial charge in [-0.05, 0) is 106 Å². The van der Waals surface area contributed by atoms with Gasteiger partial charge in [0, 0.05) is 31.3 Å². The average Bonchev–Trinajstić information content (AvgIpc) is 3.27. The summed E-state index contributed by atoms with van der Waals surface area (Å²) in [6.07, 6.45) is 17.8. The second-order valence-electron chi connectivity index (χ2n) is 14.1. The number of ether oxygens (including phenoxy) is 1. The second kappa shape index (κ2) is 14.4.